The van der Waals surface area contributed by atoms with Gasteiger partial charge in [0.25, 0.3) is 0 Å². The number of hydrogen-bond donors (Lipinski definition) is 1. The standard InChI is InChI=1S/C11H15NO/c1-2-6-10(7-3-1)12-13-11-8-4-5-9-11/h1-3,6-7,11-12H,4-5,8-9H2. The van der Waals surface area contributed by atoms with Crippen LogP contribution in [0.2, 0.25) is 0 Å². The predicted octanol–water partition coefficient (Wildman–Crippen LogP) is 2.97. The summed E-state index contributed by atoms with van der Waals surface area (Å²) >= 11 is 0. The van der Waals surface area contributed by atoms with Crippen molar-refractivity contribution in [3.63, 3.8) is 0 Å². The Morgan fingerprint density at radius 3 is 2.46 bits per heavy atom. The van der Waals surface area contributed by atoms with Crippen molar-refractivity contribution in [1.82, 2.24) is 0 Å². The van der Waals surface area contributed by atoms with Crippen LogP contribution in [0.25, 0.3) is 0 Å². The topological polar surface area (TPSA) is 21.3 Å². The molecule has 70 valence electrons. The first-order valence-electron chi connectivity index (χ1n) is 4.92. The van der Waals surface area contributed by atoms with Gasteiger partial charge in [-0.1, -0.05) is 31.0 Å². The van der Waals surface area contributed by atoms with Gasteiger partial charge in [0.15, 0.2) is 0 Å². The summed E-state index contributed by atoms with van der Waals surface area (Å²) in [6.45, 7) is 0. The SMILES string of the molecule is c1ccc(NOC2CCCC2)cc1. The Balaban J connectivity index is 1.79. The van der Waals surface area contributed by atoms with E-state index in [4.69, 9.17) is 4.84 Å². The van der Waals surface area contributed by atoms with E-state index in [2.05, 4.69) is 5.48 Å². The van der Waals surface area contributed by atoms with Crippen LogP contribution in [0.15, 0.2) is 30.3 Å². The Kier molecular flexibility index (Phi) is 2.82. The van der Waals surface area contributed by atoms with Crippen molar-refractivity contribution in [1.29, 1.82) is 0 Å². The van der Waals surface area contributed by atoms with Gasteiger partial charge in [-0.2, -0.15) is 0 Å². The molecule has 0 aromatic heterocycles. The quantitative estimate of drug-likeness (QED) is 0.717. The van der Waals surface area contributed by atoms with E-state index in [0.29, 0.717) is 6.10 Å². The lowest BCUT2D eigenvalue weighted by atomic mass is 10.3. The van der Waals surface area contributed by atoms with Gasteiger partial charge in [-0.25, -0.2) is 0 Å². The summed E-state index contributed by atoms with van der Waals surface area (Å²) in [5.41, 5.74) is 4.02. The Morgan fingerprint density at radius 1 is 1.08 bits per heavy atom. The van der Waals surface area contributed by atoms with Crippen molar-refractivity contribution >= 4 is 5.69 Å². The van der Waals surface area contributed by atoms with E-state index in [1.54, 1.807) is 0 Å². The first-order valence-corrected chi connectivity index (χ1v) is 4.92. The molecule has 13 heavy (non-hydrogen) atoms. The Bertz CT molecular complexity index is 242. The van der Waals surface area contributed by atoms with Gasteiger partial charge in [-0.3, -0.25) is 10.3 Å². The van der Waals surface area contributed by atoms with Crippen molar-refractivity contribution < 1.29 is 4.84 Å². The molecule has 2 heteroatoms. The summed E-state index contributed by atoms with van der Waals surface area (Å²) < 4.78 is 0. The summed E-state index contributed by atoms with van der Waals surface area (Å²) in [5, 5.41) is 0. The maximum Gasteiger partial charge on any atom is 0.0854 e. The number of nitrogens with one attached hydrogen (secondary N) is 1. The normalized spacial score (nSPS) is 17.5. The monoisotopic (exact) mass is 177 g/mol. The second-order valence-electron chi connectivity index (χ2n) is 3.49. The third-order valence-electron chi connectivity index (χ3n) is 2.42. The Hall–Kier alpha value is -1.02. The molecule has 1 fully saturated rings. The molecule has 1 aliphatic rings. The summed E-state index contributed by atoms with van der Waals surface area (Å²) in [6, 6.07) is 10.0. The molecule has 0 heterocycles. The summed E-state index contributed by atoms with van der Waals surface area (Å²) in [6.07, 6.45) is 5.42. The van der Waals surface area contributed by atoms with Crippen LogP contribution in [-0.4, -0.2) is 6.10 Å². The van der Waals surface area contributed by atoms with Gasteiger partial charge in [0.2, 0.25) is 0 Å². The van der Waals surface area contributed by atoms with E-state index in [1.807, 2.05) is 30.3 Å². The molecule has 1 aromatic rings. The lowest BCUT2D eigenvalue weighted by Gasteiger charge is -2.11. The molecule has 0 unspecified atom stereocenters. The number of benzene rings is 1. The molecular formula is C11H15NO. The summed E-state index contributed by atoms with van der Waals surface area (Å²) in [4.78, 5) is 5.54. The fraction of sp³-hybridized carbons (Fsp3) is 0.455. The fourth-order valence-corrected chi connectivity index (χ4v) is 1.66. The van der Waals surface area contributed by atoms with Crippen LogP contribution in [0.3, 0.4) is 0 Å². The van der Waals surface area contributed by atoms with Crippen molar-refractivity contribution in [2.75, 3.05) is 5.48 Å². The predicted molar refractivity (Wildman–Crippen MR) is 53.4 cm³/mol. The van der Waals surface area contributed by atoms with E-state index in [9.17, 15) is 0 Å². The minimum atomic E-state index is 0.417. The van der Waals surface area contributed by atoms with Gasteiger partial charge in [0.1, 0.15) is 0 Å². The lowest BCUT2D eigenvalue weighted by molar-refractivity contribution is 0.106. The number of para-hydroxylation sites is 1. The first kappa shape index (κ1) is 8.57. The minimum Gasteiger partial charge on any atom is -0.273 e. The second kappa shape index (κ2) is 4.28. The highest BCUT2D eigenvalue weighted by Gasteiger charge is 2.15. The Morgan fingerprint density at radius 2 is 1.77 bits per heavy atom. The zero-order chi connectivity index (χ0) is 8.93. The summed E-state index contributed by atoms with van der Waals surface area (Å²) in [5.74, 6) is 0. The molecule has 0 saturated heterocycles. The molecular weight excluding hydrogens is 162 g/mol. The average Bonchev–Trinajstić information content (AvgIpc) is 2.69. The van der Waals surface area contributed by atoms with Gasteiger partial charge in [-0.15, -0.1) is 0 Å². The van der Waals surface area contributed by atoms with Crippen LogP contribution < -0.4 is 5.48 Å². The molecule has 0 amide bonds. The van der Waals surface area contributed by atoms with Crippen molar-refractivity contribution in [3.05, 3.63) is 30.3 Å². The highest BCUT2D eigenvalue weighted by atomic mass is 16.7. The van der Waals surface area contributed by atoms with Crippen molar-refractivity contribution in [2.24, 2.45) is 0 Å². The highest BCUT2D eigenvalue weighted by Crippen LogP contribution is 2.21. The van der Waals surface area contributed by atoms with Crippen LogP contribution in [0.1, 0.15) is 25.7 Å². The lowest BCUT2D eigenvalue weighted by Crippen LogP contribution is -2.12. The smallest absolute Gasteiger partial charge is 0.0854 e. The largest absolute Gasteiger partial charge is 0.273 e. The van der Waals surface area contributed by atoms with Crippen LogP contribution >= 0.6 is 0 Å². The van der Waals surface area contributed by atoms with Crippen molar-refractivity contribution in [2.45, 2.75) is 31.8 Å². The van der Waals surface area contributed by atoms with Gasteiger partial charge in [0.05, 0.1) is 11.8 Å². The third kappa shape index (κ3) is 2.46. The minimum absolute atomic E-state index is 0.417. The van der Waals surface area contributed by atoms with Gasteiger partial charge >= 0.3 is 0 Å². The molecule has 2 rings (SSSR count). The number of rotatable bonds is 3. The van der Waals surface area contributed by atoms with Crippen LogP contribution in [0.4, 0.5) is 5.69 Å². The Labute approximate surface area is 78.9 Å². The molecule has 2 nitrogen and oxygen atoms in total. The van der Waals surface area contributed by atoms with Crippen LogP contribution in [-0.2, 0) is 4.84 Å². The number of hydrogen-bond acceptors (Lipinski definition) is 2. The third-order valence-corrected chi connectivity index (χ3v) is 2.42. The van der Waals surface area contributed by atoms with E-state index < -0.39 is 0 Å². The second-order valence-corrected chi connectivity index (χ2v) is 3.49. The fourth-order valence-electron chi connectivity index (χ4n) is 1.66. The summed E-state index contributed by atoms with van der Waals surface area (Å²) in [7, 11) is 0. The van der Waals surface area contributed by atoms with Crippen LogP contribution in [0.5, 0.6) is 0 Å². The van der Waals surface area contributed by atoms with E-state index >= 15 is 0 Å². The van der Waals surface area contributed by atoms with Crippen molar-refractivity contribution in [3.8, 4) is 0 Å². The maximum atomic E-state index is 5.54. The zero-order valence-electron chi connectivity index (χ0n) is 7.70. The first-order chi connectivity index (χ1) is 6.45. The molecule has 1 N–H and O–H groups in total. The van der Waals surface area contributed by atoms with E-state index in [-0.39, 0.29) is 0 Å². The molecule has 0 aliphatic heterocycles. The number of anilines is 1. The van der Waals surface area contributed by atoms with Gasteiger partial charge in [0, 0.05) is 0 Å². The van der Waals surface area contributed by atoms with Crippen LogP contribution in [0, 0.1) is 0 Å². The molecule has 1 aliphatic carbocycles. The van der Waals surface area contributed by atoms with Gasteiger partial charge < -0.3 is 0 Å². The molecule has 1 saturated carbocycles. The van der Waals surface area contributed by atoms with Gasteiger partial charge in [-0.05, 0) is 25.0 Å². The average molecular weight is 177 g/mol. The van der Waals surface area contributed by atoms with E-state index in [1.165, 1.54) is 25.7 Å². The molecule has 0 atom stereocenters. The molecule has 0 bridgehead atoms. The molecule has 1 aromatic carbocycles. The molecule has 0 spiro atoms. The molecule has 0 radical (unpaired) electrons. The van der Waals surface area contributed by atoms with E-state index in [0.717, 1.165) is 5.69 Å². The zero-order valence-corrected chi connectivity index (χ0v) is 7.70. The highest BCUT2D eigenvalue weighted by molar-refractivity contribution is 5.40. The maximum absolute atomic E-state index is 5.54.